The largest absolute Gasteiger partial charge is 0.334 e. The average molecular weight is 351 g/mol. The molecule has 4 rings (SSSR count). The van der Waals surface area contributed by atoms with Gasteiger partial charge in [0.15, 0.2) is 5.01 Å². The van der Waals surface area contributed by atoms with Gasteiger partial charge in [0.1, 0.15) is 0 Å². The summed E-state index contributed by atoms with van der Waals surface area (Å²) in [5.41, 5.74) is 2.24. The van der Waals surface area contributed by atoms with E-state index in [1.54, 1.807) is 0 Å². The molecule has 0 N–H and O–H groups in total. The van der Waals surface area contributed by atoms with E-state index in [0.717, 1.165) is 36.4 Å². The maximum absolute atomic E-state index is 12.8. The van der Waals surface area contributed by atoms with E-state index in [0.29, 0.717) is 11.0 Å². The summed E-state index contributed by atoms with van der Waals surface area (Å²) >= 11 is 1.49. The Morgan fingerprint density at radius 3 is 2.40 bits per heavy atom. The molecule has 0 radical (unpaired) electrons. The molecule has 1 aliphatic heterocycles. The van der Waals surface area contributed by atoms with Crippen molar-refractivity contribution in [3.63, 3.8) is 0 Å². The van der Waals surface area contributed by atoms with Crippen molar-refractivity contribution in [3.8, 4) is 0 Å². The van der Waals surface area contributed by atoms with E-state index in [1.165, 1.54) is 16.9 Å². The maximum Gasteiger partial charge on any atom is 0.282 e. The van der Waals surface area contributed by atoms with E-state index in [-0.39, 0.29) is 5.91 Å². The number of nitrogens with zero attached hydrogens (tertiary/aromatic N) is 3. The summed E-state index contributed by atoms with van der Waals surface area (Å²) in [6.07, 6.45) is 0. The zero-order valence-electron chi connectivity index (χ0n) is 14.3. The number of thiazole rings is 1. The number of piperazine rings is 1. The zero-order chi connectivity index (χ0) is 17.2. The predicted octanol–water partition coefficient (Wildman–Crippen LogP) is 3.82. The predicted molar refractivity (Wildman–Crippen MR) is 102 cm³/mol. The number of hydrogen-bond donors (Lipinski definition) is 0. The fourth-order valence-corrected chi connectivity index (χ4v) is 4.29. The molecule has 0 saturated carbocycles. The Morgan fingerprint density at radius 1 is 1.00 bits per heavy atom. The van der Waals surface area contributed by atoms with Crippen LogP contribution in [0.15, 0.2) is 54.6 Å². The Hall–Kier alpha value is -2.24. The highest BCUT2D eigenvalue weighted by Gasteiger charge is 2.26. The summed E-state index contributed by atoms with van der Waals surface area (Å²) in [4.78, 5) is 21.7. The first-order chi connectivity index (χ1) is 12.2. The fourth-order valence-electron chi connectivity index (χ4n) is 3.35. The summed E-state index contributed by atoms with van der Waals surface area (Å²) in [7, 11) is 0. The molecule has 0 bridgehead atoms. The second-order valence-electron chi connectivity index (χ2n) is 6.40. The van der Waals surface area contributed by atoms with Crippen LogP contribution >= 0.6 is 11.3 Å². The van der Waals surface area contributed by atoms with E-state index < -0.39 is 0 Å². The molecule has 1 amide bonds. The molecule has 0 unspecified atom stereocenters. The number of carbonyl (C=O) groups is 1. The minimum Gasteiger partial charge on any atom is -0.334 e. The quantitative estimate of drug-likeness (QED) is 0.720. The number of benzene rings is 2. The highest BCUT2D eigenvalue weighted by atomic mass is 32.1. The van der Waals surface area contributed by atoms with Gasteiger partial charge in [0.05, 0.1) is 10.2 Å². The summed E-state index contributed by atoms with van der Waals surface area (Å²) in [5.74, 6) is 0.0632. The lowest BCUT2D eigenvalue weighted by Crippen LogP contribution is -2.49. The van der Waals surface area contributed by atoms with Crippen LogP contribution in [0.25, 0.3) is 10.2 Å². The monoisotopic (exact) mass is 351 g/mol. The van der Waals surface area contributed by atoms with Gasteiger partial charge in [-0.2, -0.15) is 0 Å². The van der Waals surface area contributed by atoms with Gasteiger partial charge in [0.25, 0.3) is 5.91 Å². The van der Waals surface area contributed by atoms with Gasteiger partial charge in [0.2, 0.25) is 0 Å². The lowest BCUT2D eigenvalue weighted by Gasteiger charge is -2.38. The first kappa shape index (κ1) is 16.2. The van der Waals surface area contributed by atoms with Gasteiger partial charge in [-0.15, -0.1) is 11.3 Å². The topological polar surface area (TPSA) is 36.4 Å². The number of fused-ring (bicyclic) bond motifs is 1. The van der Waals surface area contributed by atoms with Crippen molar-refractivity contribution in [1.29, 1.82) is 0 Å². The standard InChI is InChI=1S/C20H21N3OS/c1-15(16-7-3-2-4-8-16)22-11-13-23(14-12-22)20(24)19-21-17-9-5-6-10-18(17)25-19/h2-10,15H,11-14H2,1H3/t15-/m1/s1. The molecule has 0 spiro atoms. The number of carbonyl (C=O) groups excluding carboxylic acids is 1. The van der Waals surface area contributed by atoms with Crippen LogP contribution in [0.4, 0.5) is 0 Å². The van der Waals surface area contributed by atoms with Crippen molar-refractivity contribution in [3.05, 3.63) is 65.2 Å². The molecule has 128 valence electrons. The molecular formula is C20H21N3OS. The van der Waals surface area contributed by atoms with Crippen molar-refractivity contribution in [2.24, 2.45) is 0 Å². The van der Waals surface area contributed by atoms with Gasteiger partial charge in [-0.05, 0) is 24.6 Å². The number of rotatable bonds is 3. The molecule has 2 heterocycles. The molecule has 4 nitrogen and oxygen atoms in total. The first-order valence-electron chi connectivity index (χ1n) is 8.66. The van der Waals surface area contributed by atoms with Crippen molar-refractivity contribution in [2.75, 3.05) is 26.2 Å². The van der Waals surface area contributed by atoms with Crippen LogP contribution in [-0.2, 0) is 0 Å². The second kappa shape index (κ2) is 6.94. The third-order valence-corrected chi connectivity index (χ3v) is 5.93. The molecule has 25 heavy (non-hydrogen) atoms. The van der Waals surface area contributed by atoms with Crippen LogP contribution in [-0.4, -0.2) is 46.9 Å². The molecule has 1 saturated heterocycles. The normalized spacial score (nSPS) is 16.9. The van der Waals surface area contributed by atoms with E-state index in [4.69, 9.17) is 0 Å². The molecule has 1 aliphatic rings. The lowest BCUT2D eigenvalue weighted by atomic mass is 10.1. The maximum atomic E-state index is 12.8. The van der Waals surface area contributed by atoms with E-state index in [1.807, 2.05) is 35.2 Å². The van der Waals surface area contributed by atoms with Crippen LogP contribution in [0.1, 0.15) is 28.3 Å². The SMILES string of the molecule is C[C@H](c1ccccc1)N1CCN(C(=O)c2nc3ccccc3s2)CC1. The Balaban J connectivity index is 1.42. The van der Waals surface area contributed by atoms with Crippen LogP contribution in [0, 0.1) is 0 Å². The van der Waals surface area contributed by atoms with Crippen molar-refractivity contribution in [1.82, 2.24) is 14.8 Å². The van der Waals surface area contributed by atoms with Crippen molar-refractivity contribution < 1.29 is 4.79 Å². The lowest BCUT2D eigenvalue weighted by molar-refractivity contribution is 0.0582. The van der Waals surface area contributed by atoms with Crippen LogP contribution in [0.2, 0.25) is 0 Å². The third-order valence-electron chi connectivity index (χ3n) is 4.91. The summed E-state index contributed by atoms with van der Waals surface area (Å²) in [6.45, 7) is 5.54. The molecule has 1 atom stereocenters. The molecule has 5 heteroatoms. The van der Waals surface area contributed by atoms with Crippen LogP contribution < -0.4 is 0 Å². The Bertz CT molecular complexity index is 836. The van der Waals surface area contributed by atoms with Gasteiger partial charge >= 0.3 is 0 Å². The van der Waals surface area contributed by atoms with Crippen molar-refractivity contribution in [2.45, 2.75) is 13.0 Å². The van der Waals surface area contributed by atoms with E-state index in [9.17, 15) is 4.79 Å². The summed E-state index contributed by atoms with van der Waals surface area (Å²) < 4.78 is 1.07. The molecule has 2 aromatic carbocycles. The zero-order valence-corrected chi connectivity index (χ0v) is 15.1. The molecule has 3 aromatic rings. The minimum absolute atomic E-state index is 0.0632. The van der Waals surface area contributed by atoms with Gasteiger partial charge < -0.3 is 4.90 Å². The van der Waals surface area contributed by atoms with Gasteiger partial charge in [0, 0.05) is 32.2 Å². The van der Waals surface area contributed by atoms with Crippen molar-refractivity contribution >= 4 is 27.5 Å². The summed E-state index contributed by atoms with van der Waals surface area (Å²) in [5, 5.41) is 0.603. The molecule has 1 fully saturated rings. The number of amides is 1. The van der Waals surface area contributed by atoms with Crippen LogP contribution in [0.3, 0.4) is 0 Å². The Morgan fingerprint density at radius 2 is 1.68 bits per heavy atom. The molecule has 1 aromatic heterocycles. The Kier molecular flexibility index (Phi) is 4.51. The number of para-hydroxylation sites is 1. The van der Waals surface area contributed by atoms with Gasteiger partial charge in [-0.25, -0.2) is 4.98 Å². The van der Waals surface area contributed by atoms with Crippen LogP contribution in [0.5, 0.6) is 0 Å². The van der Waals surface area contributed by atoms with E-state index in [2.05, 4.69) is 41.1 Å². The highest BCUT2D eigenvalue weighted by molar-refractivity contribution is 7.20. The highest BCUT2D eigenvalue weighted by Crippen LogP contribution is 2.25. The van der Waals surface area contributed by atoms with Gasteiger partial charge in [-0.3, -0.25) is 9.69 Å². The third kappa shape index (κ3) is 3.30. The fraction of sp³-hybridized carbons (Fsp3) is 0.300. The van der Waals surface area contributed by atoms with Gasteiger partial charge in [-0.1, -0.05) is 42.5 Å². The van der Waals surface area contributed by atoms with E-state index >= 15 is 0 Å². The molecule has 0 aliphatic carbocycles. The average Bonchev–Trinajstić information content (AvgIpc) is 3.12. The smallest absolute Gasteiger partial charge is 0.282 e. The second-order valence-corrected chi connectivity index (χ2v) is 7.43. The number of hydrogen-bond acceptors (Lipinski definition) is 4. The first-order valence-corrected chi connectivity index (χ1v) is 9.48. The molecular weight excluding hydrogens is 330 g/mol. The Labute approximate surface area is 151 Å². The minimum atomic E-state index is 0.0632. The summed E-state index contributed by atoms with van der Waals surface area (Å²) in [6, 6.07) is 18.8. The number of aromatic nitrogens is 1.